The molecule has 0 aliphatic carbocycles. The van der Waals surface area contributed by atoms with E-state index in [0.717, 1.165) is 0 Å². The van der Waals surface area contributed by atoms with Crippen molar-refractivity contribution in [1.29, 1.82) is 0 Å². The van der Waals surface area contributed by atoms with Crippen LogP contribution in [0.4, 0.5) is 0 Å². The summed E-state index contributed by atoms with van der Waals surface area (Å²) >= 11 is 0. The molecule has 86 valence electrons. The van der Waals surface area contributed by atoms with Gasteiger partial charge in [0.2, 0.25) is 0 Å². The van der Waals surface area contributed by atoms with Crippen LogP contribution in [-0.4, -0.2) is 26.5 Å². The molecule has 2 aromatic heterocycles. The van der Waals surface area contributed by atoms with Crippen LogP contribution in [0.1, 0.15) is 23.7 Å². The summed E-state index contributed by atoms with van der Waals surface area (Å²) in [5.74, 6) is 2.32. The van der Waals surface area contributed by atoms with Crippen LogP contribution < -0.4 is 5.32 Å². The van der Waals surface area contributed by atoms with Gasteiger partial charge in [-0.25, -0.2) is 4.52 Å². The number of carbonyl (C=O) groups is 1. The van der Waals surface area contributed by atoms with Gasteiger partial charge in [0.15, 0.2) is 0 Å². The molecule has 0 aliphatic rings. The molecule has 1 N–H and O–H groups in total. The van der Waals surface area contributed by atoms with E-state index in [9.17, 15) is 4.79 Å². The number of aromatic nitrogens is 3. The third kappa shape index (κ3) is 2.26. The van der Waals surface area contributed by atoms with Crippen LogP contribution in [0.2, 0.25) is 0 Å². The number of nitrogens with zero attached hydrogens (tertiary/aromatic N) is 3. The summed E-state index contributed by atoms with van der Waals surface area (Å²) in [6, 6.07) is -0.0564. The largest absolute Gasteiger partial charge is 0.349 e. The van der Waals surface area contributed by atoms with Crippen molar-refractivity contribution >= 4 is 11.4 Å². The van der Waals surface area contributed by atoms with E-state index in [1.165, 1.54) is 6.20 Å². The van der Waals surface area contributed by atoms with E-state index in [4.69, 9.17) is 6.42 Å². The molecule has 0 aromatic carbocycles. The molecule has 0 saturated carbocycles. The molecule has 17 heavy (non-hydrogen) atoms. The van der Waals surface area contributed by atoms with Crippen LogP contribution in [0, 0.1) is 12.3 Å². The van der Waals surface area contributed by atoms with Crippen LogP contribution in [0.25, 0.3) is 5.52 Å². The average molecular weight is 228 g/mol. The van der Waals surface area contributed by atoms with Gasteiger partial charge in [0.1, 0.15) is 0 Å². The molecule has 0 aliphatic heterocycles. The standard InChI is InChI=1S/C12H12N4O/c1-3-4-9(2)15-12(17)10-7-14-16-6-5-13-8-11(10)16/h1,5-9H,4H2,2H3,(H,15,17). The molecule has 0 radical (unpaired) electrons. The zero-order valence-electron chi connectivity index (χ0n) is 9.42. The van der Waals surface area contributed by atoms with Crippen molar-refractivity contribution < 1.29 is 4.79 Å². The zero-order chi connectivity index (χ0) is 12.3. The second-order valence-electron chi connectivity index (χ2n) is 3.75. The lowest BCUT2D eigenvalue weighted by atomic mass is 10.2. The van der Waals surface area contributed by atoms with Crippen molar-refractivity contribution in [2.24, 2.45) is 0 Å². The summed E-state index contributed by atoms with van der Waals surface area (Å²) in [6.07, 6.45) is 12.1. The van der Waals surface area contributed by atoms with E-state index in [1.54, 1.807) is 23.1 Å². The number of nitrogens with one attached hydrogen (secondary N) is 1. The Bertz CT molecular complexity index is 581. The van der Waals surface area contributed by atoms with Gasteiger partial charge in [0.25, 0.3) is 5.91 Å². The van der Waals surface area contributed by atoms with Crippen LogP contribution in [0.5, 0.6) is 0 Å². The lowest BCUT2D eigenvalue weighted by Crippen LogP contribution is -2.32. The minimum Gasteiger partial charge on any atom is -0.349 e. The van der Waals surface area contributed by atoms with Crippen molar-refractivity contribution in [3.63, 3.8) is 0 Å². The summed E-state index contributed by atoms with van der Waals surface area (Å²) in [5.41, 5.74) is 1.18. The van der Waals surface area contributed by atoms with Crippen LogP contribution in [0.3, 0.4) is 0 Å². The first-order chi connectivity index (χ1) is 8.22. The molecule has 1 amide bonds. The fourth-order valence-corrected chi connectivity index (χ4v) is 1.54. The number of terminal acetylenes is 1. The first-order valence-corrected chi connectivity index (χ1v) is 5.24. The molecule has 1 unspecified atom stereocenters. The van der Waals surface area contributed by atoms with Crippen molar-refractivity contribution in [3.8, 4) is 12.3 Å². The van der Waals surface area contributed by atoms with Crippen molar-refractivity contribution in [1.82, 2.24) is 19.9 Å². The Labute approximate surface area is 98.9 Å². The molecule has 2 heterocycles. The molecule has 1 atom stereocenters. The van der Waals surface area contributed by atoms with Gasteiger partial charge in [-0.2, -0.15) is 5.10 Å². The fraction of sp³-hybridized carbons (Fsp3) is 0.250. The smallest absolute Gasteiger partial charge is 0.255 e. The van der Waals surface area contributed by atoms with Crippen LogP contribution in [-0.2, 0) is 0 Å². The quantitative estimate of drug-likeness (QED) is 0.793. The van der Waals surface area contributed by atoms with Crippen molar-refractivity contribution in [2.75, 3.05) is 0 Å². The molecular weight excluding hydrogens is 216 g/mol. The summed E-state index contributed by atoms with van der Waals surface area (Å²) in [7, 11) is 0. The maximum atomic E-state index is 11.9. The first kappa shape index (κ1) is 11.1. The van der Waals surface area contributed by atoms with Gasteiger partial charge in [-0.15, -0.1) is 12.3 Å². The summed E-state index contributed by atoms with van der Waals surface area (Å²) in [6.45, 7) is 1.86. The Morgan fingerprint density at radius 3 is 3.24 bits per heavy atom. The van der Waals surface area contributed by atoms with Crippen LogP contribution in [0.15, 0.2) is 24.8 Å². The normalized spacial score (nSPS) is 12.0. The van der Waals surface area contributed by atoms with Gasteiger partial charge in [-0.3, -0.25) is 9.78 Å². The Kier molecular flexibility index (Phi) is 3.06. The van der Waals surface area contributed by atoms with Gasteiger partial charge < -0.3 is 5.32 Å². The highest BCUT2D eigenvalue weighted by atomic mass is 16.1. The highest BCUT2D eigenvalue weighted by Gasteiger charge is 2.14. The molecule has 2 aromatic rings. The molecule has 0 fully saturated rings. The lowest BCUT2D eigenvalue weighted by Gasteiger charge is -2.09. The van der Waals surface area contributed by atoms with Gasteiger partial charge in [0.05, 0.1) is 23.5 Å². The van der Waals surface area contributed by atoms with Gasteiger partial charge in [0, 0.05) is 24.9 Å². The first-order valence-electron chi connectivity index (χ1n) is 5.24. The Hall–Kier alpha value is -2.35. The number of rotatable bonds is 3. The number of hydrogen-bond donors (Lipinski definition) is 1. The maximum absolute atomic E-state index is 11.9. The predicted octanol–water partition coefficient (Wildman–Crippen LogP) is 0.871. The average Bonchev–Trinajstić information content (AvgIpc) is 2.72. The van der Waals surface area contributed by atoms with E-state index < -0.39 is 0 Å². The number of fused-ring (bicyclic) bond motifs is 1. The second kappa shape index (κ2) is 4.66. The minimum atomic E-state index is -0.184. The Morgan fingerprint density at radius 1 is 1.65 bits per heavy atom. The monoisotopic (exact) mass is 228 g/mol. The molecular formula is C12H12N4O. The van der Waals surface area contributed by atoms with E-state index >= 15 is 0 Å². The third-order valence-corrected chi connectivity index (χ3v) is 2.37. The highest BCUT2D eigenvalue weighted by Crippen LogP contribution is 2.08. The Morgan fingerprint density at radius 2 is 2.47 bits per heavy atom. The lowest BCUT2D eigenvalue weighted by molar-refractivity contribution is 0.0942. The summed E-state index contributed by atoms with van der Waals surface area (Å²) in [5, 5.41) is 6.88. The fourth-order valence-electron chi connectivity index (χ4n) is 1.54. The predicted molar refractivity (Wildman–Crippen MR) is 63.4 cm³/mol. The topological polar surface area (TPSA) is 59.3 Å². The molecule has 0 bridgehead atoms. The molecule has 2 rings (SSSR count). The highest BCUT2D eigenvalue weighted by molar-refractivity contribution is 6.00. The van der Waals surface area contributed by atoms with Crippen molar-refractivity contribution in [3.05, 3.63) is 30.4 Å². The zero-order valence-corrected chi connectivity index (χ0v) is 9.42. The second-order valence-corrected chi connectivity index (χ2v) is 3.75. The molecule has 5 nitrogen and oxygen atoms in total. The van der Waals surface area contributed by atoms with E-state index in [0.29, 0.717) is 17.5 Å². The van der Waals surface area contributed by atoms with Gasteiger partial charge in [-0.05, 0) is 6.92 Å². The minimum absolute atomic E-state index is 0.0564. The SMILES string of the molecule is C#CCC(C)NC(=O)c1cnn2ccncc12. The number of hydrogen-bond acceptors (Lipinski definition) is 3. The summed E-state index contributed by atoms with van der Waals surface area (Å²) < 4.78 is 1.60. The summed E-state index contributed by atoms with van der Waals surface area (Å²) in [4.78, 5) is 15.9. The van der Waals surface area contributed by atoms with Gasteiger partial charge in [-0.1, -0.05) is 0 Å². The number of amides is 1. The molecule has 0 spiro atoms. The van der Waals surface area contributed by atoms with Crippen molar-refractivity contribution in [2.45, 2.75) is 19.4 Å². The number of carbonyl (C=O) groups excluding carboxylic acids is 1. The maximum Gasteiger partial charge on any atom is 0.255 e. The van der Waals surface area contributed by atoms with E-state index in [-0.39, 0.29) is 11.9 Å². The van der Waals surface area contributed by atoms with E-state index in [2.05, 4.69) is 21.3 Å². The van der Waals surface area contributed by atoms with E-state index in [1.807, 2.05) is 6.92 Å². The molecule has 0 saturated heterocycles. The Balaban J connectivity index is 2.23. The third-order valence-electron chi connectivity index (χ3n) is 2.37. The van der Waals surface area contributed by atoms with Crippen LogP contribution >= 0.6 is 0 Å². The van der Waals surface area contributed by atoms with Gasteiger partial charge >= 0.3 is 0 Å². The molecule has 5 heteroatoms.